The van der Waals surface area contributed by atoms with Gasteiger partial charge in [0, 0.05) is 56.5 Å². The molecule has 32 heavy (non-hydrogen) atoms. The average molecular weight is 430 g/mol. The van der Waals surface area contributed by atoms with E-state index >= 15 is 0 Å². The van der Waals surface area contributed by atoms with Crippen LogP contribution >= 0.6 is 0 Å². The van der Waals surface area contributed by atoms with E-state index in [-0.39, 0.29) is 5.91 Å². The van der Waals surface area contributed by atoms with Gasteiger partial charge in [0.2, 0.25) is 5.91 Å². The SMILES string of the molecule is CC(=O)N1CCC(c2cc(NCc3cnn4cccnc34)n(-c3ccc(C)cc3)n2)CC1. The third-order valence-electron chi connectivity index (χ3n) is 6.18. The minimum atomic E-state index is 0.151. The van der Waals surface area contributed by atoms with Crippen molar-refractivity contribution < 1.29 is 4.79 Å². The van der Waals surface area contributed by atoms with E-state index in [1.807, 2.05) is 28.0 Å². The van der Waals surface area contributed by atoms with Gasteiger partial charge in [-0.05, 0) is 38.0 Å². The Hall–Kier alpha value is -3.68. The van der Waals surface area contributed by atoms with Crippen molar-refractivity contribution in [3.8, 4) is 5.69 Å². The molecule has 1 saturated heterocycles. The minimum absolute atomic E-state index is 0.151. The molecule has 164 valence electrons. The second kappa shape index (κ2) is 8.45. The minimum Gasteiger partial charge on any atom is -0.366 e. The molecule has 8 nitrogen and oxygen atoms in total. The van der Waals surface area contributed by atoms with Crippen LogP contribution in [0.4, 0.5) is 5.82 Å². The van der Waals surface area contributed by atoms with E-state index in [2.05, 4.69) is 52.7 Å². The Kier molecular flexibility index (Phi) is 5.34. The molecule has 1 aromatic carbocycles. The summed E-state index contributed by atoms with van der Waals surface area (Å²) in [5.41, 5.74) is 5.17. The highest BCUT2D eigenvalue weighted by Crippen LogP contribution is 2.30. The van der Waals surface area contributed by atoms with E-state index in [0.717, 1.165) is 54.3 Å². The van der Waals surface area contributed by atoms with E-state index in [4.69, 9.17) is 5.10 Å². The van der Waals surface area contributed by atoms with Crippen molar-refractivity contribution in [3.05, 3.63) is 71.8 Å². The summed E-state index contributed by atoms with van der Waals surface area (Å²) in [6.07, 6.45) is 7.39. The van der Waals surface area contributed by atoms with Crippen LogP contribution in [-0.4, -0.2) is 48.3 Å². The highest BCUT2D eigenvalue weighted by Gasteiger charge is 2.25. The predicted molar refractivity (Wildman–Crippen MR) is 123 cm³/mol. The number of carbonyl (C=O) groups excluding carboxylic acids is 1. The summed E-state index contributed by atoms with van der Waals surface area (Å²) >= 11 is 0. The Morgan fingerprint density at radius 2 is 1.97 bits per heavy atom. The molecule has 0 radical (unpaired) electrons. The number of benzene rings is 1. The third-order valence-corrected chi connectivity index (χ3v) is 6.18. The maximum absolute atomic E-state index is 11.7. The van der Waals surface area contributed by atoms with Crippen LogP contribution in [0.2, 0.25) is 0 Å². The second-order valence-electron chi connectivity index (χ2n) is 8.39. The summed E-state index contributed by atoms with van der Waals surface area (Å²) in [5, 5.41) is 12.9. The van der Waals surface area contributed by atoms with Gasteiger partial charge < -0.3 is 10.2 Å². The van der Waals surface area contributed by atoms with Crippen molar-refractivity contribution in [2.45, 2.75) is 39.2 Å². The van der Waals surface area contributed by atoms with Gasteiger partial charge in [-0.1, -0.05) is 17.7 Å². The van der Waals surface area contributed by atoms with Crippen LogP contribution in [0.15, 0.2) is 55.0 Å². The Balaban J connectivity index is 1.42. The maximum Gasteiger partial charge on any atom is 0.219 e. The van der Waals surface area contributed by atoms with Crippen LogP contribution in [0.5, 0.6) is 0 Å². The number of likely N-dealkylation sites (tertiary alicyclic amines) is 1. The fourth-order valence-corrected chi connectivity index (χ4v) is 4.28. The number of anilines is 1. The molecule has 1 N–H and O–H groups in total. The Morgan fingerprint density at radius 1 is 1.19 bits per heavy atom. The first-order valence-electron chi connectivity index (χ1n) is 11.0. The van der Waals surface area contributed by atoms with Crippen molar-refractivity contribution in [2.75, 3.05) is 18.4 Å². The van der Waals surface area contributed by atoms with Gasteiger partial charge in [0.1, 0.15) is 5.82 Å². The molecule has 0 atom stereocenters. The molecule has 5 rings (SSSR count). The molecule has 0 unspecified atom stereocenters. The van der Waals surface area contributed by atoms with Gasteiger partial charge in [-0.15, -0.1) is 0 Å². The van der Waals surface area contributed by atoms with Crippen LogP contribution < -0.4 is 5.32 Å². The Morgan fingerprint density at radius 3 is 2.72 bits per heavy atom. The van der Waals surface area contributed by atoms with Gasteiger partial charge in [0.15, 0.2) is 5.65 Å². The lowest BCUT2D eigenvalue weighted by Crippen LogP contribution is -2.36. The number of aromatic nitrogens is 5. The van der Waals surface area contributed by atoms with Crippen LogP contribution in [-0.2, 0) is 11.3 Å². The number of aryl methyl sites for hydroxylation is 1. The highest BCUT2D eigenvalue weighted by atomic mass is 16.2. The van der Waals surface area contributed by atoms with Gasteiger partial charge in [0.25, 0.3) is 0 Å². The molecule has 0 spiro atoms. The zero-order valence-electron chi connectivity index (χ0n) is 18.4. The number of piperidine rings is 1. The second-order valence-corrected chi connectivity index (χ2v) is 8.39. The topological polar surface area (TPSA) is 80.4 Å². The molecule has 1 fully saturated rings. The lowest BCUT2D eigenvalue weighted by Gasteiger charge is -2.30. The number of carbonyl (C=O) groups is 1. The fourth-order valence-electron chi connectivity index (χ4n) is 4.28. The standard InChI is InChI=1S/C24H27N7O/c1-17-4-6-21(7-5-17)31-23(26-15-20-16-27-30-11-3-10-25-24(20)30)14-22(28-31)19-8-12-29(13-9-19)18(2)32/h3-7,10-11,14,16,19,26H,8-9,12-13,15H2,1-2H3. The van der Waals surface area contributed by atoms with Gasteiger partial charge in [0.05, 0.1) is 17.6 Å². The first-order chi connectivity index (χ1) is 15.6. The van der Waals surface area contributed by atoms with Crippen LogP contribution in [0.25, 0.3) is 11.3 Å². The number of nitrogens with zero attached hydrogens (tertiary/aromatic N) is 6. The predicted octanol–water partition coefficient (Wildman–Crippen LogP) is 3.56. The maximum atomic E-state index is 11.7. The van der Waals surface area contributed by atoms with Crippen molar-refractivity contribution in [1.82, 2.24) is 29.3 Å². The summed E-state index contributed by atoms with van der Waals surface area (Å²) in [5.74, 6) is 1.43. The van der Waals surface area contributed by atoms with Crippen LogP contribution in [0, 0.1) is 6.92 Å². The number of hydrogen-bond donors (Lipinski definition) is 1. The zero-order chi connectivity index (χ0) is 22.1. The molecule has 0 saturated carbocycles. The van der Waals surface area contributed by atoms with Crippen LogP contribution in [0.1, 0.15) is 42.5 Å². The summed E-state index contributed by atoms with van der Waals surface area (Å²) in [6, 6.07) is 12.4. The fraction of sp³-hybridized carbons (Fsp3) is 0.333. The van der Waals surface area contributed by atoms with E-state index < -0.39 is 0 Å². The smallest absolute Gasteiger partial charge is 0.219 e. The highest BCUT2D eigenvalue weighted by molar-refractivity contribution is 5.73. The molecule has 8 heteroatoms. The molecular weight excluding hydrogens is 402 g/mol. The lowest BCUT2D eigenvalue weighted by atomic mass is 9.93. The summed E-state index contributed by atoms with van der Waals surface area (Å²) in [6.45, 7) is 5.89. The van der Waals surface area contributed by atoms with E-state index in [0.29, 0.717) is 12.5 Å². The molecule has 0 aliphatic carbocycles. The molecular formula is C24H27N7O. The van der Waals surface area contributed by atoms with Crippen molar-refractivity contribution in [1.29, 1.82) is 0 Å². The third kappa shape index (κ3) is 3.95. The zero-order valence-corrected chi connectivity index (χ0v) is 18.4. The van der Waals surface area contributed by atoms with E-state index in [9.17, 15) is 4.79 Å². The Labute approximate surface area is 186 Å². The largest absolute Gasteiger partial charge is 0.366 e. The van der Waals surface area contributed by atoms with Gasteiger partial charge in [-0.25, -0.2) is 14.2 Å². The Bertz CT molecular complexity index is 1230. The molecule has 0 bridgehead atoms. The van der Waals surface area contributed by atoms with E-state index in [1.165, 1.54) is 5.56 Å². The molecule has 1 aliphatic heterocycles. The number of rotatable bonds is 5. The average Bonchev–Trinajstić information content (AvgIpc) is 3.43. The van der Waals surface area contributed by atoms with Crippen LogP contribution in [0.3, 0.4) is 0 Å². The van der Waals surface area contributed by atoms with E-state index in [1.54, 1.807) is 17.6 Å². The van der Waals surface area contributed by atoms with Gasteiger partial charge in [-0.2, -0.15) is 10.2 Å². The monoisotopic (exact) mass is 429 g/mol. The first-order valence-corrected chi connectivity index (χ1v) is 11.0. The summed E-state index contributed by atoms with van der Waals surface area (Å²) in [7, 11) is 0. The number of amides is 1. The summed E-state index contributed by atoms with van der Waals surface area (Å²) < 4.78 is 3.76. The molecule has 1 aliphatic rings. The quantitative estimate of drug-likeness (QED) is 0.525. The molecule has 1 amide bonds. The number of nitrogens with one attached hydrogen (secondary N) is 1. The molecule has 4 aromatic rings. The van der Waals surface area contributed by atoms with Crippen molar-refractivity contribution in [2.24, 2.45) is 0 Å². The number of fused-ring (bicyclic) bond motifs is 1. The lowest BCUT2D eigenvalue weighted by molar-refractivity contribution is -0.129. The molecule has 3 aromatic heterocycles. The van der Waals surface area contributed by atoms with Gasteiger partial charge >= 0.3 is 0 Å². The van der Waals surface area contributed by atoms with Crippen molar-refractivity contribution >= 4 is 17.4 Å². The molecule has 4 heterocycles. The first kappa shape index (κ1) is 20.2. The normalized spacial score (nSPS) is 14.8. The van der Waals surface area contributed by atoms with Gasteiger partial charge in [-0.3, -0.25) is 4.79 Å². The van der Waals surface area contributed by atoms with Crippen molar-refractivity contribution in [3.63, 3.8) is 0 Å². The summed E-state index contributed by atoms with van der Waals surface area (Å²) in [4.78, 5) is 18.1. The number of hydrogen-bond acceptors (Lipinski definition) is 5.